The Bertz CT molecular complexity index is 808. The van der Waals surface area contributed by atoms with Crippen LogP contribution in [0.25, 0.3) is 11.1 Å². The Labute approximate surface area is 178 Å². The molecular weight excluding hydrogens is 380 g/mol. The van der Waals surface area contributed by atoms with Gasteiger partial charge in [0.05, 0.1) is 19.3 Å². The number of hydrogen-bond donors (Lipinski definition) is 0. The lowest BCUT2D eigenvalue weighted by Crippen LogP contribution is -2.35. The second-order valence-electron chi connectivity index (χ2n) is 7.45. The van der Waals surface area contributed by atoms with E-state index in [1.54, 1.807) is 13.8 Å². The highest BCUT2D eigenvalue weighted by Crippen LogP contribution is 2.36. The molecule has 0 amide bonds. The number of carbonyl (C=O) groups is 2. The number of hydrogen-bond acceptors (Lipinski definition) is 5. The smallest absolute Gasteiger partial charge is 0.320 e. The van der Waals surface area contributed by atoms with Crippen molar-refractivity contribution in [2.45, 2.75) is 45.1 Å². The molecule has 0 radical (unpaired) electrons. The SMILES string of the molecule is CCOC(=O)C(C(=O)OCC)C(CC1CCCO1)c1cccc(-c2ccccc2)c1. The number of ether oxygens (including phenoxy) is 3. The van der Waals surface area contributed by atoms with Gasteiger partial charge in [0.25, 0.3) is 0 Å². The van der Waals surface area contributed by atoms with Crippen LogP contribution in [-0.2, 0) is 23.8 Å². The van der Waals surface area contributed by atoms with Gasteiger partial charge in [0, 0.05) is 12.5 Å². The van der Waals surface area contributed by atoms with E-state index in [9.17, 15) is 9.59 Å². The van der Waals surface area contributed by atoms with Crippen LogP contribution >= 0.6 is 0 Å². The molecule has 1 aliphatic heterocycles. The lowest BCUT2D eigenvalue weighted by Gasteiger charge is -2.27. The first-order valence-corrected chi connectivity index (χ1v) is 10.7. The highest BCUT2D eigenvalue weighted by atomic mass is 16.6. The highest BCUT2D eigenvalue weighted by molar-refractivity contribution is 5.96. The zero-order valence-electron chi connectivity index (χ0n) is 17.7. The normalized spacial score (nSPS) is 17.0. The summed E-state index contributed by atoms with van der Waals surface area (Å²) in [6.45, 7) is 4.62. The molecule has 0 aromatic heterocycles. The van der Waals surface area contributed by atoms with Gasteiger partial charge < -0.3 is 14.2 Å². The summed E-state index contributed by atoms with van der Waals surface area (Å²) >= 11 is 0. The van der Waals surface area contributed by atoms with Crippen LogP contribution in [0.5, 0.6) is 0 Å². The molecule has 1 aliphatic rings. The average Bonchev–Trinajstić information content (AvgIpc) is 3.28. The Morgan fingerprint density at radius 2 is 1.63 bits per heavy atom. The summed E-state index contributed by atoms with van der Waals surface area (Å²) in [4.78, 5) is 25.7. The lowest BCUT2D eigenvalue weighted by atomic mass is 9.80. The summed E-state index contributed by atoms with van der Waals surface area (Å²) in [5.74, 6) is -2.47. The van der Waals surface area contributed by atoms with Crippen LogP contribution in [0.4, 0.5) is 0 Å². The Morgan fingerprint density at radius 1 is 0.967 bits per heavy atom. The number of esters is 2. The summed E-state index contributed by atoms with van der Waals surface area (Å²) in [7, 11) is 0. The van der Waals surface area contributed by atoms with Gasteiger partial charge in [-0.15, -0.1) is 0 Å². The molecule has 0 N–H and O–H groups in total. The van der Waals surface area contributed by atoms with Crippen molar-refractivity contribution in [2.75, 3.05) is 19.8 Å². The first-order chi connectivity index (χ1) is 14.6. The third-order valence-electron chi connectivity index (χ3n) is 5.45. The summed E-state index contributed by atoms with van der Waals surface area (Å²) in [5.41, 5.74) is 3.04. The largest absolute Gasteiger partial charge is 0.465 e. The monoisotopic (exact) mass is 410 g/mol. The average molecular weight is 411 g/mol. The van der Waals surface area contributed by atoms with Gasteiger partial charge in [-0.2, -0.15) is 0 Å². The molecule has 0 spiro atoms. The summed E-state index contributed by atoms with van der Waals surface area (Å²) in [6, 6.07) is 18.1. The molecule has 1 heterocycles. The Kier molecular flexibility index (Phi) is 8.03. The van der Waals surface area contributed by atoms with Gasteiger partial charge in [0.2, 0.25) is 0 Å². The molecule has 160 valence electrons. The van der Waals surface area contributed by atoms with E-state index in [-0.39, 0.29) is 25.2 Å². The fourth-order valence-corrected chi connectivity index (χ4v) is 4.05. The zero-order chi connectivity index (χ0) is 21.3. The molecule has 0 aliphatic carbocycles. The molecule has 1 fully saturated rings. The lowest BCUT2D eigenvalue weighted by molar-refractivity contribution is -0.163. The van der Waals surface area contributed by atoms with Crippen LogP contribution in [0.15, 0.2) is 54.6 Å². The molecule has 1 saturated heterocycles. The minimum absolute atomic E-state index is 0.0155. The first kappa shape index (κ1) is 22.0. The van der Waals surface area contributed by atoms with Crippen molar-refractivity contribution >= 4 is 11.9 Å². The van der Waals surface area contributed by atoms with Crippen molar-refractivity contribution in [1.29, 1.82) is 0 Å². The standard InChI is InChI=1S/C25H30O5/c1-3-28-24(26)23(25(27)29-4-2)22(17-21-14-9-15-30-21)20-13-8-12-19(16-20)18-10-6-5-7-11-18/h5-8,10-13,16,21-23H,3-4,9,14-15,17H2,1-2H3. The summed E-state index contributed by atoms with van der Waals surface area (Å²) < 4.78 is 16.4. The minimum atomic E-state index is -1.01. The molecule has 5 nitrogen and oxygen atoms in total. The Morgan fingerprint density at radius 3 is 2.23 bits per heavy atom. The van der Waals surface area contributed by atoms with Crippen molar-refractivity contribution in [3.05, 3.63) is 60.2 Å². The summed E-state index contributed by atoms with van der Waals surface area (Å²) in [5, 5.41) is 0. The van der Waals surface area contributed by atoms with Crippen molar-refractivity contribution in [3.63, 3.8) is 0 Å². The molecule has 2 atom stereocenters. The van der Waals surface area contributed by atoms with Crippen LogP contribution in [0.3, 0.4) is 0 Å². The molecule has 3 rings (SSSR count). The molecule has 2 aromatic rings. The number of rotatable bonds is 9. The molecule has 0 saturated carbocycles. The third kappa shape index (κ3) is 5.48. The predicted molar refractivity (Wildman–Crippen MR) is 115 cm³/mol. The van der Waals surface area contributed by atoms with Gasteiger partial charge in [-0.25, -0.2) is 0 Å². The zero-order valence-corrected chi connectivity index (χ0v) is 17.7. The molecule has 0 bridgehead atoms. The maximum Gasteiger partial charge on any atom is 0.320 e. The Hall–Kier alpha value is -2.66. The molecule has 2 aromatic carbocycles. The molecular formula is C25H30O5. The van der Waals surface area contributed by atoms with Gasteiger partial charge >= 0.3 is 11.9 Å². The van der Waals surface area contributed by atoms with Crippen LogP contribution in [0.2, 0.25) is 0 Å². The minimum Gasteiger partial charge on any atom is -0.465 e. The van der Waals surface area contributed by atoms with Crippen molar-refractivity contribution in [2.24, 2.45) is 5.92 Å². The molecule has 2 unspecified atom stereocenters. The van der Waals surface area contributed by atoms with Crippen molar-refractivity contribution in [3.8, 4) is 11.1 Å². The van der Waals surface area contributed by atoms with E-state index in [0.717, 1.165) is 29.5 Å². The van der Waals surface area contributed by atoms with Crippen LogP contribution < -0.4 is 0 Å². The van der Waals surface area contributed by atoms with E-state index in [0.29, 0.717) is 13.0 Å². The van der Waals surface area contributed by atoms with E-state index in [4.69, 9.17) is 14.2 Å². The van der Waals surface area contributed by atoms with Crippen molar-refractivity contribution < 1.29 is 23.8 Å². The fourth-order valence-electron chi connectivity index (χ4n) is 4.05. The number of carbonyl (C=O) groups excluding carboxylic acids is 2. The van der Waals surface area contributed by atoms with Gasteiger partial charge in [-0.1, -0.05) is 54.6 Å². The van der Waals surface area contributed by atoms with E-state index in [2.05, 4.69) is 6.07 Å². The van der Waals surface area contributed by atoms with Crippen molar-refractivity contribution in [1.82, 2.24) is 0 Å². The van der Waals surface area contributed by atoms with Crippen LogP contribution in [0.1, 0.15) is 44.6 Å². The van der Waals surface area contributed by atoms with Gasteiger partial charge in [0.1, 0.15) is 0 Å². The molecule has 5 heteroatoms. The van der Waals surface area contributed by atoms with Gasteiger partial charge in [-0.05, 0) is 49.8 Å². The third-order valence-corrected chi connectivity index (χ3v) is 5.45. The fraction of sp³-hybridized carbons (Fsp3) is 0.440. The topological polar surface area (TPSA) is 61.8 Å². The maximum absolute atomic E-state index is 12.8. The van der Waals surface area contributed by atoms with E-state index < -0.39 is 17.9 Å². The van der Waals surface area contributed by atoms with E-state index in [1.807, 2.05) is 48.5 Å². The van der Waals surface area contributed by atoms with Gasteiger partial charge in [0.15, 0.2) is 5.92 Å². The second-order valence-corrected chi connectivity index (χ2v) is 7.45. The van der Waals surface area contributed by atoms with Crippen LogP contribution in [0, 0.1) is 5.92 Å². The van der Waals surface area contributed by atoms with Crippen LogP contribution in [-0.4, -0.2) is 37.9 Å². The van der Waals surface area contributed by atoms with E-state index in [1.165, 1.54) is 0 Å². The quantitative estimate of drug-likeness (QED) is 0.441. The summed E-state index contributed by atoms with van der Waals surface area (Å²) in [6.07, 6.45) is 2.50. The maximum atomic E-state index is 12.8. The highest BCUT2D eigenvalue weighted by Gasteiger charge is 2.40. The predicted octanol–water partition coefficient (Wildman–Crippen LogP) is 4.75. The van der Waals surface area contributed by atoms with Gasteiger partial charge in [-0.3, -0.25) is 9.59 Å². The second kappa shape index (κ2) is 10.9. The Balaban J connectivity index is 2.00. The first-order valence-electron chi connectivity index (χ1n) is 10.7. The molecule has 30 heavy (non-hydrogen) atoms. The van der Waals surface area contributed by atoms with E-state index >= 15 is 0 Å². The number of benzene rings is 2.